The van der Waals surface area contributed by atoms with Crippen molar-refractivity contribution in [2.45, 2.75) is 51.3 Å². The number of aliphatic carboxylic acids is 2. The van der Waals surface area contributed by atoms with Crippen molar-refractivity contribution in [1.82, 2.24) is 0 Å². The zero-order chi connectivity index (χ0) is 18.7. The van der Waals surface area contributed by atoms with Crippen LogP contribution in [0.1, 0.15) is 32.3 Å². The Bertz CT molecular complexity index is 493. The summed E-state index contributed by atoms with van der Waals surface area (Å²) in [6, 6.07) is 8.11. The fraction of sp³-hybridized carbons (Fsp3) is 0.529. The van der Waals surface area contributed by atoms with Crippen LogP contribution in [0.4, 0.5) is 0 Å². The summed E-state index contributed by atoms with van der Waals surface area (Å²) in [6.07, 6.45) is -0.164. The molecule has 0 unspecified atom stereocenters. The van der Waals surface area contributed by atoms with Gasteiger partial charge in [0.2, 0.25) is 0 Å². The van der Waals surface area contributed by atoms with Crippen LogP contribution in [-0.4, -0.2) is 45.4 Å². The van der Waals surface area contributed by atoms with E-state index in [1.165, 1.54) is 0 Å². The molecular formula is C17H28N2O5. The van der Waals surface area contributed by atoms with Crippen molar-refractivity contribution in [3.05, 3.63) is 35.9 Å². The van der Waals surface area contributed by atoms with Crippen LogP contribution in [0.5, 0.6) is 0 Å². The van der Waals surface area contributed by atoms with Gasteiger partial charge in [0.1, 0.15) is 6.04 Å². The second kappa shape index (κ2) is 11.6. The lowest BCUT2D eigenvalue weighted by molar-refractivity contribution is -0.140. The molecule has 3 atom stereocenters. The normalized spacial score (nSPS) is 14.2. The predicted molar refractivity (Wildman–Crippen MR) is 91.4 cm³/mol. The van der Waals surface area contributed by atoms with Crippen molar-refractivity contribution >= 4 is 11.9 Å². The van der Waals surface area contributed by atoms with Crippen LogP contribution in [-0.2, 0) is 16.0 Å². The Morgan fingerprint density at radius 2 is 1.62 bits per heavy atom. The summed E-state index contributed by atoms with van der Waals surface area (Å²) in [7, 11) is 0. The summed E-state index contributed by atoms with van der Waals surface area (Å²) >= 11 is 0. The molecule has 1 aromatic carbocycles. The topological polar surface area (TPSA) is 147 Å². The minimum atomic E-state index is -1.01. The maximum absolute atomic E-state index is 10.4. The summed E-state index contributed by atoms with van der Waals surface area (Å²) in [5, 5.41) is 26.1. The molecule has 0 bridgehead atoms. The van der Waals surface area contributed by atoms with Crippen molar-refractivity contribution in [2.75, 3.05) is 0 Å². The Morgan fingerprint density at radius 3 is 2.04 bits per heavy atom. The van der Waals surface area contributed by atoms with Gasteiger partial charge in [-0.15, -0.1) is 0 Å². The van der Waals surface area contributed by atoms with Crippen LogP contribution in [0.15, 0.2) is 30.3 Å². The summed E-state index contributed by atoms with van der Waals surface area (Å²) in [6.45, 7) is 3.96. The molecule has 1 rings (SSSR count). The average molecular weight is 340 g/mol. The Hall–Kier alpha value is -1.96. The van der Waals surface area contributed by atoms with E-state index in [2.05, 4.69) is 0 Å². The fourth-order valence-electron chi connectivity index (χ4n) is 1.99. The Labute approximate surface area is 142 Å². The number of carboxylic acid groups (broad SMARTS) is 2. The summed E-state index contributed by atoms with van der Waals surface area (Å²) in [5.41, 5.74) is 11.9. The molecule has 0 spiro atoms. The van der Waals surface area contributed by atoms with E-state index in [4.69, 9.17) is 21.7 Å². The number of rotatable bonds is 8. The Kier molecular flexibility index (Phi) is 10.6. The van der Waals surface area contributed by atoms with Gasteiger partial charge in [0.05, 0.1) is 12.5 Å². The van der Waals surface area contributed by atoms with Crippen LogP contribution in [0.3, 0.4) is 0 Å². The van der Waals surface area contributed by atoms with Gasteiger partial charge in [-0.2, -0.15) is 0 Å². The van der Waals surface area contributed by atoms with Crippen LogP contribution in [0.2, 0.25) is 0 Å². The third-order valence-corrected chi connectivity index (χ3v) is 3.24. The molecule has 7 nitrogen and oxygen atoms in total. The van der Waals surface area contributed by atoms with Crippen molar-refractivity contribution in [1.29, 1.82) is 0 Å². The van der Waals surface area contributed by atoms with Gasteiger partial charge in [0, 0.05) is 6.04 Å². The summed E-state index contributed by atoms with van der Waals surface area (Å²) in [4.78, 5) is 20.6. The van der Waals surface area contributed by atoms with E-state index in [0.29, 0.717) is 18.8 Å². The van der Waals surface area contributed by atoms with Gasteiger partial charge in [-0.05, 0) is 24.3 Å². The van der Waals surface area contributed by atoms with E-state index in [-0.39, 0.29) is 6.42 Å². The SMILES string of the molecule is CC(C)C[C@H](N)[C@@H](O)CC(=O)O.N[C@@H](Cc1ccccc1)C(=O)O. The van der Waals surface area contributed by atoms with Crippen LogP contribution in [0, 0.1) is 5.92 Å². The van der Waals surface area contributed by atoms with Crippen LogP contribution >= 0.6 is 0 Å². The smallest absolute Gasteiger partial charge is 0.320 e. The second-order valence-corrected chi connectivity index (χ2v) is 6.09. The van der Waals surface area contributed by atoms with Crippen LogP contribution < -0.4 is 11.5 Å². The molecule has 24 heavy (non-hydrogen) atoms. The first-order chi connectivity index (χ1) is 11.1. The van der Waals surface area contributed by atoms with Crippen LogP contribution in [0.25, 0.3) is 0 Å². The highest BCUT2D eigenvalue weighted by atomic mass is 16.4. The van der Waals surface area contributed by atoms with E-state index in [1.807, 2.05) is 44.2 Å². The predicted octanol–water partition coefficient (Wildman–Crippen LogP) is 0.836. The lowest BCUT2D eigenvalue weighted by Gasteiger charge is -2.18. The molecule has 0 aliphatic rings. The fourth-order valence-corrected chi connectivity index (χ4v) is 1.99. The lowest BCUT2D eigenvalue weighted by atomic mass is 9.98. The first-order valence-electron chi connectivity index (χ1n) is 7.81. The summed E-state index contributed by atoms with van der Waals surface area (Å²) in [5.74, 6) is -1.59. The third kappa shape index (κ3) is 10.7. The van der Waals surface area contributed by atoms with Gasteiger partial charge in [0.25, 0.3) is 0 Å². The number of carbonyl (C=O) groups is 2. The Morgan fingerprint density at radius 1 is 1.08 bits per heavy atom. The first-order valence-corrected chi connectivity index (χ1v) is 7.81. The molecule has 0 saturated carbocycles. The zero-order valence-corrected chi connectivity index (χ0v) is 14.1. The minimum Gasteiger partial charge on any atom is -0.481 e. The van der Waals surface area contributed by atoms with E-state index in [9.17, 15) is 14.7 Å². The number of hydrogen-bond acceptors (Lipinski definition) is 5. The molecule has 0 radical (unpaired) electrons. The standard InChI is InChI=1S/C9H11NO2.C8H17NO3/c10-8(9(11)12)6-7-4-2-1-3-5-7;1-5(2)3-6(9)7(10)4-8(11)12/h1-5,8H,6,10H2,(H,11,12);5-7,10H,3-4,9H2,1-2H3,(H,11,12)/t8-;6-,7-/m00/s1. The molecular weight excluding hydrogens is 312 g/mol. The average Bonchev–Trinajstić information content (AvgIpc) is 2.47. The largest absolute Gasteiger partial charge is 0.481 e. The second-order valence-electron chi connectivity index (χ2n) is 6.09. The van der Waals surface area contributed by atoms with Gasteiger partial charge < -0.3 is 26.8 Å². The molecule has 0 fully saturated rings. The highest BCUT2D eigenvalue weighted by Gasteiger charge is 2.18. The molecule has 7 heteroatoms. The summed E-state index contributed by atoms with van der Waals surface area (Å²) < 4.78 is 0. The Balaban J connectivity index is 0.000000441. The first kappa shape index (κ1) is 22.0. The number of carboxylic acids is 2. The zero-order valence-electron chi connectivity index (χ0n) is 14.1. The number of aliphatic hydroxyl groups excluding tert-OH is 1. The van der Waals surface area contributed by atoms with Crippen molar-refractivity contribution in [2.24, 2.45) is 17.4 Å². The third-order valence-electron chi connectivity index (χ3n) is 3.24. The van der Waals surface area contributed by atoms with E-state index in [1.54, 1.807) is 0 Å². The number of hydrogen-bond donors (Lipinski definition) is 5. The van der Waals surface area contributed by atoms with E-state index < -0.39 is 30.1 Å². The lowest BCUT2D eigenvalue weighted by Crippen LogP contribution is -2.37. The molecule has 0 aliphatic carbocycles. The molecule has 0 saturated heterocycles. The van der Waals surface area contributed by atoms with Gasteiger partial charge in [-0.25, -0.2) is 0 Å². The quantitative estimate of drug-likeness (QED) is 0.471. The molecule has 1 aromatic rings. The maximum Gasteiger partial charge on any atom is 0.320 e. The molecule has 0 aromatic heterocycles. The number of aliphatic hydroxyl groups is 1. The highest BCUT2D eigenvalue weighted by molar-refractivity contribution is 5.73. The van der Waals surface area contributed by atoms with Gasteiger partial charge >= 0.3 is 11.9 Å². The molecule has 136 valence electrons. The monoisotopic (exact) mass is 340 g/mol. The molecule has 0 heterocycles. The van der Waals surface area contributed by atoms with Gasteiger partial charge in [-0.3, -0.25) is 9.59 Å². The highest BCUT2D eigenvalue weighted by Crippen LogP contribution is 2.08. The van der Waals surface area contributed by atoms with Crippen molar-refractivity contribution in [3.63, 3.8) is 0 Å². The molecule has 0 aliphatic heterocycles. The maximum atomic E-state index is 10.4. The number of benzene rings is 1. The van der Waals surface area contributed by atoms with Crippen molar-refractivity contribution < 1.29 is 24.9 Å². The van der Waals surface area contributed by atoms with Crippen molar-refractivity contribution in [3.8, 4) is 0 Å². The van der Waals surface area contributed by atoms with E-state index >= 15 is 0 Å². The number of nitrogens with two attached hydrogens (primary N) is 2. The van der Waals surface area contributed by atoms with E-state index in [0.717, 1.165) is 5.56 Å². The molecule has 7 N–H and O–H groups in total. The minimum absolute atomic E-state index is 0.270. The molecule has 0 amide bonds. The van der Waals surface area contributed by atoms with Gasteiger partial charge in [0.15, 0.2) is 0 Å². The van der Waals surface area contributed by atoms with Gasteiger partial charge in [-0.1, -0.05) is 44.2 Å².